The molecule has 128 valence electrons. The average Bonchev–Trinajstić information content (AvgIpc) is 2.54. The second kappa shape index (κ2) is 9.01. The second-order valence-corrected chi connectivity index (χ2v) is 5.92. The first kappa shape index (κ1) is 19.6. The molecule has 0 bridgehead atoms. The van der Waals surface area contributed by atoms with Gasteiger partial charge in [-0.15, -0.1) is 12.4 Å². The number of amides is 1. The summed E-state index contributed by atoms with van der Waals surface area (Å²) in [5, 5.41) is 6.20. The van der Waals surface area contributed by atoms with Crippen LogP contribution in [0.3, 0.4) is 0 Å². The van der Waals surface area contributed by atoms with Crippen molar-refractivity contribution in [3.8, 4) is 0 Å². The normalized spacial score (nSPS) is 19.5. The zero-order valence-electron chi connectivity index (χ0n) is 14.0. The number of benzene rings is 1. The van der Waals surface area contributed by atoms with Crippen molar-refractivity contribution >= 4 is 29.8 Å². The molecule has 2 N–H and O–H groups in total. The van der Waals surface area contributed by atoms with Crippen LogP contribution < -0.4 is 10.6 Å². The van der Waals surface area contributed by atoms with Crippen molar-refractivity contribution in [2.75, 3.05) is 25.5 Å². The number of halogens is 1. The fourth-order valence-corrected chi connectivity index (χ4v) is 2.82. The number of nitrogens with zero attached hydrogens (tertiary/aromatic N) is 1. The van der Waals surface area contributed by atoms with Crippen LogP contribution in [-0.4, -0.2) is 48.8 Å². The average molecular weight is 340 g/mol. The maximum absolute atomic E-state index is 12.4. The molecule has 0 radical (unpaired) electrons. The van der Waals surface area contributed by atoms with Crippen LogP contribution in [0, 0.1) is 0 Å². The quantitative estimate of drug-likeness (QED) is 0.808. The van der Waals surface area contributed by atoms with E-state index in [1.165, 1.54) is 6.92 Å². The van der Waals surface area contributed by atoms with E-state index in [0.717, 1.165) is 25.9 Å². The fourth-order valence-electron chi connectivity index (χ4n) is 2.82. The summed E-state index contributed by atoms with van der Waals surface area (Å²) in [6, 6.07) is 7.34. The lowest BCUT2D eigenvalue weighted by Crippen LogP contribution is -2.51. The summed E-state index contributed by atoms with van der Waals surface area (Å²) in [6.07, 6.45) is 2.25. The van der Waals surface area contributed by atoms with Crippen molar-refractivity contribution < 1.29 is 9.59 Å². The molecule has 1 fully saturated rings. The number of rotatable bonds is 5. The van der Waals surface area contributed by atoms with Crippen LogP contribution in [0.1, 0.15) is 37.0 Å². The van der Waals surface area contributed by atoms with Crippen LogP contribution in [0.25, 0.3) is 0 Å². The molecule has 1 saturated heterocycles. The second-order valence-electron chi connectivity index (χ2n) is 5.92. The Morgan fingerprint density at radius 1 is 1.35 bits per heavy atom. The summed E-state index contributed by atoms with van der Waals surface area (Å²) in [4.78, 5) is 26.0. The number of hydrogen-bond donors (Lipinski definition) is 2. The molecular formula is C17H26ClN3O2. The Morgan fingerprint density at radius 2 is 2.09 bits per heavy atom. The minimum Gasteiger partial charge on any atom is -0.325 e. The predicted octanol–water partition coefficient (Wildman–Crippen LogP) is 2.32. The molecule has 1 aromatic rings. The maximum Gasteiger partial charge on any atom is 0.241 e. The van der Waals surface area contributed by atoms with E-state index in [1.807, 2.05) is 20.0 Å². The van der Waals surface area contributed by atoms with Gasteiger partial charge in [-0.05, 0) is 52.4 Å². The lowest BCUT2D eigenvalue weighted by molar-refractivity contribution is -0.121. The summed E-state index contributed by atoms with van der Waals surface area (Å²) >= 11 is 0. The van der Waals surface area contributed by atoms with Gasteiger partial charge < -0.3 is 10.6 Å². The molecule has 1 aliphatic heterocycles. The van der Waals surface area contributed by atoms with Gasteiger partial charge in [-0.25, -0.2) is 0 Å². The van der Waals surface area contributed by atoms with E-state index < -0.39 is 0 Å². The minimum absolute atomic E-state index is 0. The van der Waals surface area contributed by atoms with Crippen molar-refractivity contribution in [3.63, 3.8) is 0 Å². The van der Waals surface area contributed by atoms with Gasteiger partial charge in [0.2, 0.25) is 5.91 Å². The number of likely N-dealkylation sites (tertiary alicyclic amines) is 1. The zero-order chi connectivity index (χ0) is 16.1. The molecule has 0 aliphatic carbocycles. The van der Waals surface area contributed by atoms with Crippen LogP contribution in [0.15, 0.2) is 24.3 Å². The molecule has 2 atom stereocenters. The van der Waals surface area contributed by atoms with E-state index in [9.17, 15) is 9.59 Å². The number of Topliss-reactive ketones (excluding diaryl/α,β-unsaturated/α-hetero) is 1. The van der Waals surface area contributed by atoms with E-state index in [2.05, 4.69) is 15.5 Å². The lowest BCUT2D eigenvalue weighted by Gasteiger charge is -2.35. The van der Waals surface area contributed by atoms with Crippen LogP contribution >= 0.6 is 12.4 Å². The first-order valence-corrected chi connectivity index (χ1v) is 7.84. The highest BCUT2D eigenvalue weighted by Crippen LogP contribution is 2.16. The lowest BCUT2D eigenvalue weighted by atomic mass is 10.0. The summed E-state index contributed by atoms with van der Waals surface area (Å²) in [7, 11) is 1.96. The maximum atomic E-state index is 12.4. The Kier molecular flexibility index (Phi) is 7.68. The number of hydrogen-bond acceptors (Lipinski definition) is 4. The van der Waals surface area contributed by atoms with Crippen LogP contribution in [-0.2, 0) is 4.79 Å². The highest BCUT2D eigenvalue weighted by Gasteiger charge is 2.26. The molecular weight excluding hydrogens is 314 g/mol. The Labute approximate surface area is 144 Å². The number of carbonyl (C=O) groups excluding carboxylic acids is 2. The number of nitrogens with one attached hydrogen (secondary N) is 2. The molecule has 1 aromatic carbocycles. The molecule has 6 heteroatoms. The van der Waals surface area contributed by atoms with E-state index >= 15 is 0 Å². The summed E-state index contributed by atoms with van der Waals surface area (Å²) < 4.78 is 0. The van der Waals surface area contributed by atoms with Gasteiger partial charge in [0.25, 0.3) is 0 Å². The van der Waals surface area contributed by atoms with Gasteiger partial charge >= 0.3 is 0 Å². The van der Waals surface area contributed by atoms with Crippen molar-refractivity contribution in [1.82, 2.24) is 10.2 Å². The van der Waals surface area contributed by atoms with Crippen LogP contribution in [0.2, 0.25) is 0 Å². The molecule has 0 saturated carbocycles. The third-order valence-electron chi connectivity index (χ3n) is 4.32. The van der Waals surface area contributed by atoms with Crippen molar-refractivity contribution in [1.29, 1.82) is 0 Å². The first-order valence-electron chi connectivity index (χ1n) is 7.84. The van der Waals surface area contributed by atoms with E-state index in [4.69, 9.17) is 0 Å². The Bertz CT molecular complexity index is 550. The SMILES string of the molecule is CNC1CCCN(C(C)C(=O)Nc2cccc(C(C)=O)c2)C1.Cl. The number of likely N-dealkylation sites (N-methyl/N-ethyl adjacent to an activating group) is 1. The molecule has 1 heterocycles. The summed E-state index contributed by atoms with van der Waals surface area (Å²) in [5.41, 5.74) is 1.28. The fraction of sp³-hybridized carbons (Fsp3) is 0.529. The number of piperidine rings is 1. The first-order chi connectivity index (χ1) is 10.5. The van der Waals surface area contributed by atoms with Crippen molar-refractivity contribution in [3.05, 3.63) is 29.8 Å². The molecule has 0 spiro atoms. The minimum atomic E-state index is -0.183. The van der Waals surface area contributed by atoms with Gasteiger partial charge in [0.05, 0.1) is 6.04 Å². The number of ketones is 1. The van der Waals surface area contributed by atoms with Crippen molar-refractivity contribution in [2.45, 2.75) is 38.8 Å². The molecule has 0 aromatic heterocycles. The summed E-state index contributed by atoms with van der Waals surface area (Å²) in [6.45, 7) is 5.29. The van der Waals surface area contributed by atoms with Gasteiger partial charge in [0.1, 0.15) is 0 Å². The highest BCUT2D eigenvalue weighted by atomic mass is 35.5. The van der Waals surface area contributed by atoms with Gasteiger partial charge in [0, 0.05) is 23.8 Å². The van der Waals surface area contributed by atoms with Gasteiger partial charge in [0.15, 0.2) is 5.78 Å². The number of carbonyl (C=O) groups is 2. The molecule has 1 amide bonds. The zero-order valence-corrected chi connectivity index (χ0v) is 14.8. The predicted molar refractivity (Wildman–Crippen MR) is 95.4 cm³/mol. The van der Waals surface area contributed by atoms with E-state index in [-0.39, 0.29) is 30.1 Å². The number of anilines is 1. The highest BCUT2D eigenvalue weighted by molar-refractivity contribution is 5.98. The topological polar surface area (TPSA) is 61.4 Å². The molecule has 1 aliphatic rings. The summed E-state index contributed by atoms with van der Waals surface area (Å²) in [5.74, 6) is -0.0329. The van der Waals surface area contributed by atoms with Crippen LogP contribution in [0.4, 0.5) is 5.69 Å². The van der Waals surface area contributed by atoms with Gasteiger partial charge in [-0.1, -0.05) is 12.1 Å². The standard InChI is InChI=1S/C17H25N3O2.ClH/c1-12(20-9-5-8-16(11-20)18-3)17(22)19-15-7-4-6-14(10-15)13(2)21;/h4,6-7,10,12,16,18H,5,8-9,11H2,1-3H3,(H,19,22);1H. The van der Waals surface area contributed by atoms with E-state index in [1.54, 1.807) is 18.2 Å². The molecule has 2 rings (SSSR count). The smallest absolute Gasteiger partial charge is 0.241 e. The van der Waals surface area contributed by atoms with E-state index in [0.29, 0.717) is 17.3 Å². The largest absolute Gasteiger partial charge is 0.325 e. The third kappa shape index (κ3) is 5.30. The van der Waals surface area contributed by atoms with Crippen molar-refractivity contribution in [2.24, 2.45) is 0 Å². The Balaban J connectivity index is 0.00000264. The van der Waals surface area contributed by atoms with Gasteiger partial charge in [-0.3, -0.25) is 14.5 Å². The Hall–Kier alpha value is -1.43. The molecule has 5 nitrogen and oxygen atoms in total. The van der Waals surface area contributed by atoms with Gasteiger partial charge in [-0.2, -0.15) is 0 Å². The van der Waals surface area contributed by atoms with Crippen LogP contribution in [0.5, 0.6) is 0 Å². The Morgan fingerprint density at radius 3 is 2.74 bits per heavy atom. The molecule has 23 heavy (non-hydrogen) atoms. The monoisotopic (exact) mass is 339 g/mol. The third-order valence-corrected chi connectivity index (χ3v) is 4.32. The molecule has 2 unspecified atom stereocenters.